The van der Waals surface area contributed by atoms with E-state index in [0.717, 1.165) is 32.1 Å². The maximum atomic E-state index is 14.5. The molecule has 2 bridgehead atoms. The van der Waals surface area contributed by atoms with Crippen LogP contribution in [0.25, 0.3) is 0 Å². The largest absolute Gasteiger partial charge is 0.359 e. The Bertz CT molecular complexity index is 1200. The lowest BCUT2D eigenvalue weighted by Crippen LogP contribution is -2.61. The number of halogens is 1. The van der Waals surface area contributed by atoms with Gasteiger partial charge in [0.2, 0.25) is 17.7 Å². The highest BCUT2D eigenvalue weighted by Gasteiger charge is 2.73. The van der Waals surface area contributed by atoms with Gasteiger partial charge in [0.15, 0.2) is 0 Å². The van der Waals surface area contributed by atoms with Gasteiger partial charge in [-0.2, -0.15) is 0 Å². The molecule has 2 saturated carbocycles. The first kappa shape index (κ1) is 27.8. The summed E-state index contributed by atoms with van der Waals surface area (Å²) in [4.78, 5) is 44.4. The number of rotatable bonds is 5. The van der Waals surface area contributed by atoms with Crippen molar-refractivity contribution in [3.05, 3.63) is 41.4 Å². The lowest BCUT2D eigenvalue weighted by Gasteiger charge is -2.44. The van der Waals surface area contributed by atoms with E-state index in [1.165, 1.54) is 6.42 Å². The molecule has 3 heterocycles. The molecule has 2 N–H and O–H groups in total. The predicted molar refractivity (Wildman–Crippen MR) is 155 cm³/mol. The summed E-state index contributed by atoms with van der Waals surface area (Å²) >= 11 is 6.03. The molecule has 8 heteroatoms. The summed E-state index contributed by atoms with van der Waals surface area (Å²) in [5.41, 5.74) is -0.528. The number of likely N-dealkylation sites (tertiary alicyclic amines) is 1. The molecule has 4 fully saturated rings. The number of carbonyl (C=O) groups is 3. The number of amides is 3. The van der Waals surface area contributed by atoms with Crippen molar-refractivity contribution in [2.24, 2.45) is 35.5 Å². The summed E-state index contributed by atoms with van der Waals surface area (Å²) in [6.45, 7) is 8.91. The van der Waals surface area contributed by atoms with Gasteiger partial charge in [-0.15, -0.1) is 0 Å². The minimum absolute atomic E-state index is 0.0642. The monoisotopic (exact) mass is 567 g/mol. The van der Waals surface area contributed by atoms with Crippen LogP contribution in [0, 0.1) is 35.5 Å². The van der Waals surface area contributed by atoms with Gasteiger partial charge in [-0.25, -0.2) is 0 Å². The SMILES string of the molecule is C[C@@H]1[C@H](N2C(=O)[C@@H]3[C@@H](C(=O)Nc4ccc(Cl)cc4)[C@@H]4C=C[C@@]3(O4)[C@@H]2C(=O)N[C@H]2CCC[C@@H](C)[C@@H]2C)CCC[C@@H]1C. The van der Waals surface area contributed by atoms with E-state index in [2.05, 4.69) is 38.3 Å². The summed E-state index contributed by atoms with van der Waals surface area (Å²) in [5, 5.41) is 6.93. The number of fused-ring (bicyclic) bond motifs is 1. The van der Waals surface area contributed by atoms with Crippen molar-refractivity contribution in [1.29, 1.82) is 0 Å². The first-order valence-corrected chi connectivity index (χ1v) is 15.6. The van der Waals surface area contributed by atoms with E-state index in [-0.39, 0.29) is 35.7 Å². The second kappa shape index (κ2) is 10.5. The Kier molecular flexibility index (Phi) is 7.27. The average molecular weight is 568 g/mol. The third-order valence-electron chi connectivity index (χ3n) is 11.0. The molecule has 1 aromatic rings. The van der Waals surface area contributed by atoms with Crippen LogP contribution in [0.2, 0.25) is 5.02 Å². The molecule has 11 atom stereocenters. The molecule has 2 saturated heterocycles. The number of carbonyl (C=O) groups excluding carboxylic acids is 3. The van der Waals surface area contributed by atoms with Crippen molar-refractivity contribution in [2.45, 2.75) is 96.1 Å². The standard InChI is InChI=1S/C32H42ClN3O4/c1-17-7-5-9-23(19(17)3)35-30(38)28-32-16-15-25(40-32)26(29(37)34-22-13-11-21(33)12-14-22)27(32)31(39)36(28)24-10-6-8-18(2)20(24)4/h11-20,23-28H,5-10H2,1-4H3,(H,34,37)(H,35,38)/t17-,18+,19+,20+,23+,24-,25+,26+,27+,28+,32+/m1/s1. The average Bonchev–Trinajstić information content (AvgIpc) is 3.57. The molecule has 2 aliphatic carbocycles. The van der Waals surface area contributed by atoms with Gasteiger partial charge in [-0.05, 0) is 60.8 Å². The molecule has 3 amide bonds. The molecule has 1 spiro atoms. The highest BCUT2D eigenvalue weighted by molar-refractivity contribution is 6.30. The van der Waals surface area contributed by atoms with Gasteiger partial charge in [0.05, 0.1) is 17.9 Å². The zero-order valence-electron chi connectivity index (χ0n) is 23.9. The van der Waals surface area contributed by atoms with Crippen LogP contribution in [-0.2, 0) is 19.1 Å². The third-order valence-corrected chi connectivity index (χ3v) is 11.3. The van der Waals surface area contributed by atoms with E-state index in [1.54, 1.807) is 24.3 Å². The molecule has 40 heavy (non-hydrogen) atoms. The van der Waals surface area contributed by atoms with Crippen LogP contribution in [0.5, 0.6) is 0 Å². The molecular weight excluding hydrogens is 526 g/mol. The maximum Gasteiger partial charge on any atom is 0.246 e. The number of ether oxygens (including phenoxy) is 1. The Labute approximate surface area is 242 Å². The van der Waals surface area contributed by atoms with Gasteiger partial charge in [0, 0.05) is 22.8 Å². The minimum Gasteiger partial charge on any atom is -0.359 e. The molecule has 0 radical (unpaired) electrons. The zero-order valence-corrected chi connectivity index (χ0v) is 24.7. The zero-order chi connectivity index (χ0) is 28.3. The van der Waals surface area contributed by atoms with Crippen LogP contribution in [0.15, 0.2) is 36.4 Å². The second-order valence-corrected chi connectivity index (χ2v) is 13.6. The number of hydrogen-bond acceptors (Lipinski definition) is 4. The van der Waals surface area contributed by atoms with Gasteiger partial charge in [0.25, 0.3) is 0 Å². The molecule has 0 aromatic heterocycles. The number of hydrogen-bond donors (Lipinski definition) is 2. The minimum atomic E-state index is -1.14. The van der Waals surface area contributed by atoms with Gasteiger partial charge < -0.3 is 20.3 Å². The van der Waals surface area contributed by atoms with Crippen LogP contribution in [0.1, 0.15) is 66.2 Å². The maximum absolute atomic E-state index is 14.5. The Morgan fingerprint density at radius 2 is 1.62 bits per heavy atom. The van der Waals surface area contributed by atoms with Gasteiger partial charge >= 0.3 is 0 Å². The first-order chi connectivity index (χ1) is 19.1. The van der Waals surface area contributed by atoms with E-state index in [9.17, 15) is 14.4 Å². The van der Waals surface area contributed by atoms with Crippen LogP contribution >= 0.6 is 11.6 Å². The quantitative estimate of drug-likeness (QED) is 0.479. The highest BCUT2D eigenvalue weighted by atomic mass is 35.5. The van der Waals surface area contributed by atoms with Crippen LogP contribution in [-0.4, -0.2) is 52.5 Å². The van der Waals surface area contributed by atoms with E-state index in [0.29, 0.717) is 28.5 Å². The highest BCUT2D eigenvalue weighted by Crippen LogP contribution is 2.57. The van der Waals surface area contributed by atoms with Crippen molar-refractivity contribution >= 4 is 35.0 Å². The van der Waals surface area contributed by atoms with Gasteiger partial charge in [-0.1, -0.05) is 77.1 Å². The van der Waals surface area contributed by atoms with Crippen molar-refractivity contribution < 1.29 is 19.1 Å². The van der Waals surface area contributed by atoms with Gasteiger partial charge in [-0.3, -0.25) is 14.4 Å². The molecule has 5 aliphatic rings. The predicted octanol–water partition coefficient (Wildman–Crippen LogP) is 5.19. The Hall–Kier alpha value is -2.38. The van der Waals surface area contributed by atoms with Crippen LogP contribution in [0.4, 0.5) is 5.69 Å². The summed E-state index contributed by atoms with van der Waals surface area (Å²) in [7, 11) is 0. The summed E-state index contributed by atoms with van der Waals surface area (Å²) < 4.78 is 6.58. The normalized spacial score (nSPS) is 42.1. The van der Waals surface area contributed by atoms with Crippen molar-refractivity contribution in [1.82, 2.24) is 10.2 Å². The smallest absolute Gasteiger partial charge is 0.246 e. The van der Waals surface area contributed by atoms with E-state index >= 15 is 0 Å². The van der Waals surface area contributed by atoms with Crippen molar-refractivity contribution in [2.75, 3.05) is 5.32 Å². The molecule has 1 aromatic carbocycles. The fourth-order valence-corrected chi connectivity index (χ4v) is 8.44. The number of anilines is 1. The van der Waals surface area contributed by atoms with E-state index in [4.69, 9.17) is 16.3 Å². The molecule has 3 aliphatic heterocycles. The molecule has 7 nitrogen and oxygen atoms in total. The summed E-state index contributed by atoms with van der Waals surface area (Å²) in [6.07, 6.45) is 9.44. The van der Waals surface area contributed by atoms with E-state index < -0.39 is 29.6 Å². The molecule has 216 valence electrons. The lowest BCUT2D eigenvalue weighted by molar-refractivity contribution is -0.146. The Balaban J connectivity index is 1.34. The fraction of sp³-hybridized carbons (Fsp3) is 0.656. The van der Waals surface area contributed by atoms with Gasteiger partial charge in [0.1, 0.15) is 11.6 Å². The third kappa shape index (κ3) is 4.39. The summed E-state index contributed by atoms with van der Waals surface area (Å²) in [5.74, 6) is -0.391. The molecule has 0 unspecified atom stereocenters. The lowest BCUT2D eigenvalue weighted by atomic mass is 9.73. The van der Waals surface area contributed by atoms with E-state index in [1.807, 2.05) is 17.1 Å². The Morgan fingerprint density at radius 1 is 0.950 bits per heavy atom. The Morgan fingerprint density at radius 3 is 2.35 bits per heavy atom. The van der Waals surface area contributed by atoms with Crippen molar-refractivity contribution in [3.63, 3.8) is 0 Å². The topological polar surface area (TPSA) is 87.7 Å². The fourth-order valence-electron chi connectivity index (χ4n) is 8.32. The number of nitrogens with one attached hydrogen (secondary N) is 2. The number of benzene rings is 1. The summed E-state index contributed by atoms with van der Waals surface area (Å²) in [6, 6.07) is 6.15. The van der Waals surface area contributed by atoms with Crippen LogP contribution in [0.3, 0.4) is 0 Å². The molecule has 6 rings (SSSR count). The first-order valence-electron chi connectivity index (χ1n) is 15.2. The second-order valence-electron chi connectivity index (χ2n) is 13.2. The van der Waals surface area contributed by atoms with Crippen molar-refractivity contribution in [3.8, 4) is 0 Å². The molecular formula is C32H42ClN3O4. The number of nitrogens with zero attached hydrogens (tertiary/aromatic N) is 1. The van der Waals surface area contributed by atoms with Crippen LogP contribution < -0.4 is 10.6 Å².